The molecule has 3 heterocycles. The summed E-state index contributed by atoms with van der Waals surface area (Å²) in [5.41, 5.74) is 0.406. The Bertz CT molecular complexity index is 1300. The Hall–Kier alpha value is -1.99. The average Bonchev–Trinajstić information content (AvgIpc) is 3.01. The first-order valence-electron chi connectivity index (χ1n) is 12.6. The standard InChI is InChI=1S/C25H35BrN4O6S/c1-15(2)30-22-6-4-5-21(26)20(22)11-23(24(30)32)36-25(33)28-16-9-17-7-8-18(10-16)29(17)13-19(31)12-27-14-37(3,34)35/h4-6,11,15-19,27,31H,7-10,12-14H2,1-3H3,(H,28,33)/t16?,17-,18+,19-/m1/s1. The van der Waals surface area contributed by atoms with Crippen molar-refractivity contribution in [2.45, 2.75) is 69.8 Å². The summed E-state index contributed by atoms with van der Waals surface area (Å²) in [6.07, 6.45) is 3.19. The highest BCUT2D eigenvalue weighted by molar-refractivity contribution is 9.10. The van der Waals surface area contributed by atoms with Gasteiger partial charge in [-0.2, -0.15) is 0 Å². The fourth-order valence-corrected chi connectivity index (χ4v) is 6.55. The van der Waals surface area contributed by atoms with Crippen LogP contribution in [0.1, 0.15) is 45.6 Å². The number of hydrogen-bond acceptors (Lipinski definition) is 8. The van der Waals surface area contributed by atoms with Gasteiger partial charge in [0.1, 0.15) is 0 Å². The van der Waals surface area contributed by atoms with Crippen LogP contribution in [0.15, 0.2) is 33.5 Å². The second-order valence-corrected chi connectivity index (χ2v) is 13.4. The molecule has 1 amide bonds. The molecule has 0 saturated carbocycles. The van der Waals surface area contributed by atoms with Gasteiger partial charge in [0, 0.05) is 53.4 Å². The number of nitrogens with zero attached hydrogens (tertiary/aromatic N) is 2. The summed E-state index contributed by atoms with van der Waals surface area (Å²) in [5.74, 6) is -0.183. The van der Waals surface area contributed by atoms with Gasteiger partial charge in [-0.1, -0.05) is 22.0 Å². The van der Waals surface area contributed by atoms with Crippen LogP contribution in [0.5, 0.6) is 5.75 Å². The van der Waals surface area contributed by atoms with Gasteiger partial charge in [-0.3, -0.25) is 9.69 Å². The number of rotatable bonds is 9. The number of nitrogens with one attached hydrogen (secondary N) is 2. The maximum absolute atomic E-state index is 13.1. The largest absolute Gasteiger partial charge is 0.413 e. The van der Waals surface area contributed by atoms with E-state index >= 15 is 0 Å². The van der Waals surface area contributed by atoms with Crippen LogP contribution in [0.3, 0.4) is 0 Å². The molecule has 0 aliphatic carbocycles. The lowest BCUT2D eigenvalue weighted by Gasteiger charge is -2.39. The molecular formula is C25H35BrN4O6S. The Morgan fingerprint density at radius 2 is 1.92 bits per heavy atom. The zero-order valence-electron chi connectivity index (χ0n) is 21.3. The molecule has 2 aliphatic heterocycles. The third-order valence-electron chi connectivity index (χ3n) is 7.09. The highest BCUT2D eigenvalue weighted by Gasteiger charge is 2.41. The van der Waals surface area contributed by atoms with Crippen LogP contribution in [0.25, 0.3) is 10.9 Å². The summed E-state index contributed by atoms with van der Waals surface area (Å²) in [6, 6.07) is 7.42. The number of benzene rings is 1. The van der Waals surface area contributed by atoms with Crippen molar-refractivity contribution >= 4 is 42.8 Å². The Morgan fingerprint density at radius 1 is 1.24 bits per heavy atom. The molecule has 37 heavy (non-hydrogen) atoms. The van der Waals surface area contributed by atoms with Gasteiger partial charge in [0.2, 0.25) is 0 Å². The smallest absolute Gasteiger partial charge is 0.404 e. The van der Waals surface area contributed by atoms with E-state index in [2.05, 4.69) is 31.5 Å². The number of aliphatic hydroxyl groups is 1. The number of ether oxygens (including phenoxy) is 1. The van der Waals surface area contributed by atoms with Crippen LogP contribution >= 0.6 is 15.9 Å². The molecule has 4 rings (SSSR count). The van der Waals surface area contributed by atoms with Crippen molar-refractivity contribution < 1.29 is 23.1 Å². The monoisotopic (exact) mass is 598 g/mol. The summed E-state index contributed by atoms with van der Waals surface area (Å²) in [4.78, 5) is 28.2. The van der Waals surface area contributed by atoms with Crippen molar-refractivity contribution in [3.8, 4) is 5.75 Å². The molecule has 2 aromatic rings. The van der Waals surface area contributed by atoms with Gasteiger partial charge in [-0.15, -0.1) is 0 Å². The first kappa shape index (κ1) is 28.0. The topological polar surface area (TPSA) is 130 Å². The van der Waals surface area contributed by atoms with Crippen molar-refractivity contribution in [2.75, 3.05) is 25.2 Å². The molecule has 1 unspecified atom stereocenters. The number of sulfone groups is 1. The number of carbonyl (C=O) groups excluding carboxylic acids is 1. The Morgan fingerprint density at radius 3 is 2.54 bits per heavy atom. The van der Waals surface area contributed by atoms with Crippen molar-refractivity contribution in [1.82, 2.24) is 20.1 Å². The van der Waals surface area contributed by atoms with Crippen LogP contribution in [-0.4, -0.2) is 78.5 Å². The summed E-state index contributed by atoms with van der Waals surface area (Å²) < 4.78 is 30.5. The molecule has 10 nitrogen and oxygen atoms in total. The zero-order valence-corrected chi connectivity index (χ0v) is 23.7. The molecule has 2 fully saturated rings. The van der Waals surface area contributed by atoms with Crippen LogP contribution in [-0.2, 0) is 9.84 Å². The summed E-state index contributed by atoms with van der Waals surface area (Å²) in [5, 5.41) is 16.9. The molecule has 204 valence electrons. The molecule has 2 saturated heterocycles. The Labute approximate surface area is 225 Å². The van der Waals surface area contributed by atoms with E-state index in [4.69, 9.17) is 4.74 Å². The Kier molecular flexibility index (Phi) is 8.64. The second-order valence-electron chi connectivity index (χ2n) is 10.4. The lowest BCUT2D eigenvalue weighted by Crippen LogP contribution is -2.53. The minimum absolute atomic E-state index is 0.0178. The SMILES string of the molecule is CC(C)n1c(=O)c(OC(=O)NC2C[C@H]3CC[C@@H](C2)N3C[C@H](O)CNCS(C)(=O)=O)cc2c(Br)cccc21. The first-order valence-corrected chi connectivity index (χ1v) is 15.4. The van der Waals surface area contributed by atoms with Crippen LogP contribution in [0.2, 0.25) is 0 Å². The number of aromatic nitrogens is 1. The number of piperidine rings is 1. The third kappa shape index (κ3) is 6.72. The van der Waals surface area contributed by atoms with E-state index in [0.29, 0.717) is 19.4 Å². The van der Waals surface area contributed by atoms with E-state index < -0.39 is 22.0 Å². The summed E-state index contributed by atoms with van der Waals surface area (Å²) >= 11 is 3.53. The normalized spacial score (nSPS) is 22.9. The highest BCUT2D eigenvalue weighted by Crippen LogP contribution is 2.36. The van der Waals surface area contributed by atoms with Gasteiger partial charge in [-0.05, 0) is 57.7 Å². The number of carbonyl (C=O) groups is 1. The maximum atomic E-state index is 13.1. The van der Waals surface area contributed by atoms with E-state index in [1.165, 1.54) is 0 Å². The van der Waals surface area contributed by atoms with E-state index in [-0.39, 0.29) is 47.9 Å². The number of halogens is 1. The zero-order chi connectivity index (χ0) is 26.9. The van der Waals surface area contributed by atoms with Gasteiger partial charge in [0.25, 0.3) is 5.56 Å². The first-order chi connectivity index (χ1) is 17.4. The fraction of sp³-hybridized carbons (Fsp3) is 0.600. The van der Waals surface area contributed by atoms with Crippen molar-refractivity contribution in [3.05, 3.63) is 39.1 Å². The predicted octanol–water partition coefficient (Wildman–Crippen LogP) is 2.38. The number of aliphatic hydroxyl groups excluding tert-OH is 1. The molecule has 0 spiro atoms. The molecule has 0 radical (unpaired) electrons. The highest BCUT2D eigenvalue weighted by atomic mass is 79.9. The number of hydrogen-bond donors (Lipinski definition) is 3. The molecule has 4 atom stereocenters. The maximum Gasteiger partial charge on any atom is 0.413 e. The van der Waals surface area contributed by atoms with Crippen molar-refractivity contribution in [1.29, 1.82) is 0 Å². The quantitative estimate of drug-likeness (QED) is 0.401. The van der Waals surface area contributed by atoms with Crippen molar-refractivity contribution in [2.24, 2.45) is 0 Å². The molecule has 1 aromatic carbocycles. The van der Waals surface area contributed by atoms with E-state index in [1.54, 1.807) is 10.6 Å². The predicted molar refractivity (Wildman–Crippen MR) is 146 cm³/mol. The van der Waals surface area contributed by atoms with Gasteiger partial charge in [0.05, 0.1) is 17.5 Å². The van der Waals surface area contributed by atoms with Gasteiger partial charge < -0.3 is 25.0 Å². The number of fused-ring (bicyclic) bond motifs is 3. The molecule has 1 aromatic heterocycles. The van der Waals surface area contributed by atoms with Gasteiger partial charge >= 0.3 is 6.09 Å². The number of pyridine rings is 1. The minimum Gasteiger partial charge on any atom is -0.404 e. The third-order valence-corrected chi connectivity index (χ3v) is 8.51. The van der Waals surface area contributed by atoms with Gasteiger partial charge in [-0.25, -0.2) is 13.2 Å². The summed E-state index contributed by atoms with van der Waals surface area (Å²) in [6.45, 7) is 4.47. The lowest BCUT2D eigenvalue weighted by atomic mass is 9.97. The van der Waals surface area contributed by atoms with E-state index in [0.717, 1.165) is 34.5 Å². The minimum atomic E-state index is -3.14. The molecule has 12 heteroatoms. The van der Waals surface area contributed by atoms with Crippen LogP contribution in [0, 0.1) is 0 Å². The molecule has 3 N–H and O–H groups in total. The summed E-state index contributed by atoms with van der Waals surface area (Å²) in [7, 11) is -3.14. The van der Waals surface area contributed by atoms with Crippen molar-refractivity contribution in [3.63, 3.8) is 0 Å². The van der Waals surface area contributed by atoms with E-state index in [1.807, 2.05) is 32.0 Å². The fourth-order valence-electron chi connectivity index (χ4n) is 5.59. The van der Waals surface area contributed by atoms with Crippen LogP contribution in [0.4, 0.5) is 4.79 Å². The Balaban J connectivity index is 1.37. The molecule has 2 aliphatic rings. The van der Waals surface area contributed by atoms with Gasteiger partial charge in [0.15, 0.2) is 15.6 Å². The molecule has 2 bridgehead atoms. The lowest BCUT2D eigenvalue weighted by molar-refractivity contribution is 0.0530. The number of amides is 1. The average molecular weight is 600 g/mol. The van der Waals surface area contributed by atoms with Crippen LogP contribution < -0.4 is 20.9 Å². The van der Waals surface area contributed by atoms with E-state index in [9.17, 15) is 23.1 Å². The molecular weight excluding hydrogens is 564 g/mol. The second kappa shape index (κ2) is 11.4.